The minimum atomic E-state index is -3.62. The number of nitrogens with zero attached hydrogens (tertiary/aromatic N) is 2. The van der Waals surface area contributed by atoms with Crippen LogP contribution in [0, 0.1) is 16.0 Å². The van der Waals surface area contributed by atoms with Crippen LogP contribution in [-0.2, 0) is 10.0 Å². The summed E-state index contributed by atoms with van der Waals surface area (Å²) in [5.74, 6) is 0.327. The number of hydrogen-bond donors (Lipinski definition) is 1. The summed E-state index contributed by atoms with van der Waals surface area (Å²) in [4.78, 5) is 10.4. The van der Waals surface area contributed by atoms with Gasteiger partial charge in [-0.15, -0.1) is 0 Å². The highest BCUT2D eigenvalue weighted by Gasteiger charge is 2.34. The molecule has 0 amide bonds. The largest absolute Gasteiger partial charge is 0.372 e. The third-order valence-electron chi connectivity index (χ3n) is 3.20. The number of hydrogen-bond acceptors (Lipinski definition) is 6. The zero-order valence-corrected chi connectivity index (χ0v) is 13.0. The van der Waals surface area contributed by atoms with Crippen LogP contribution >= 0.6 is 11.3 Å². The molecule has 112 valence electrons. The van der Waals surface area contributed by atoms with Crippen LogP contribution in [0.3, 0.4) is 0 Å². The average molecular weight is 319 g/mol. The molecule has 1 N–H and O–H groups in total. The molecule has 1 atom stereocenters. The predicted octanol–water partition coefficient (Wildman–Crippen LogP) is 2.12. The van der Waals surface area contributed by atoms with Crippen molar-refractivity contribution in [1.82, 2.24) is 4.31 Å². The Balaban J connectivity index is 2.37. The summed E-state index contributed by atoms with van der Waals surface area (Å²) >= 11 is 0.925. The number of thiophene rings is 1. The second kappa shape index (κ2) is 5.66. The van der Waals surface area contributed by atoms with Crippen molar-refractivity contribution >= 4 is 32.0 Å². The molecule has 1 aromatic heterocycles. The molecule has 1 aliphatic rings. The normalized spacial score (nSPS) is 20.2. The Morgan fingerprint density at radius 1 is 1.60 bits per heavy atom. The minimum Gasteiger partial charge on any atom is -0.372 e. The molecule has 0 bridgehead atoms. The molecule has 0 spiro atoms. The zero-order valence-electron chi connectivity index (χ0n) is 11.3. The number of anilines is 1. The average Bonchev–Trinajstić information content (AvgIpc) is 2.96. The van der Waals surface area contributed by atoms with E-state index in [0.29, 0.717) is 30.6 Å². The van der Waals surface area contributed by atoms with Crippen LogP contribution in [0.5, 0.6) is 0 Å². The topological polar surface area (TPSA) is 92.6 Å². The maximum absolute atomic E-state index is 12.5. The predicted molar refractivity (Wildman–Crippen MR) is 77.7 cm³/mol. The number of nitrogens with one attached hydrogen (secondary N) is 1. The molecular formula is C11H17N3O4S2. The molecule has 0 aromatic carbocycles. The van der Waals surface area contributed by atoms with E-state index in [-0.39, 0.29) is 9.90 Å². The van der Waals surface area contributed by atoms with Crippen molar-refractivity contribution < 1.29 is 13.3 Å². The van der Waals surface area contributed by atoms with E-state index >= 15 is 0 Å². The monoisotopic (exact) mass is 319 g/mol. The highest BCUT2D eigenvalue weighted by molar-refractivity contribution is 7.91. The number of nitro groups is 1. The summed E-state index contributed by atoms with van der Waals surface area (Å²) in [5, 5.41) is 14.1. The first-order valence-corrected chi connectivity index (χ1v) is 8.64. The number of sulfonamides is 1. The van der Waals surface area contributed by atoms with Gasteiger partial charge in [0.2, 0.25) is 0 Å². The molecule has 20 heavy (non-hydrogen) atoms. The summed E-state index contributed by atoms with van der Waals surface area (Å²) in [6.07, 6.45) is 0.826. The van der Waals surface area contributed by atoms with Crippen molar-refractivity contribution in [2.24, 2.45) is 5.92 Å². The van der Waals surface area contributed by atoms with E-state index in [1.807, 2.05) is 6.92 Å². The summed E-state index contributed by atoms with van der Waals surface area (Å²) in [6, 6.07) is 1.15. The van der Waals surface area contributed by atoms with E-state index in [0.717, 1.165) is 23.8 Å². The molecule has 1 aromatic rings. The zero-order chi connectivity index (χ0) is 14.9. The molecule has 0 aliphatic carbocycles. The summed E-state index contributed by atoms with van der Waals surface area (Å²) in [5.41, 5.74) is -0.178. The van der Waals surface area contributed by atoms with Gasteiger partial charge >= 0.3 is 5.69 Å². The van der Waals surface area contributed by atoms with E-state index in [9.17, 15) is 18.5 Å². The van der Waals surface area contributed by atoms with Gasteiger partial charge in [0, 0.05) is 25.7 Å². The van der Waals surface area contributed by atoms with Crippen molar-refractivity contribution in [3.8, 4) is 0 Å². The van der Waals surface area contributed by atoms with Crippen molar-refractivity contribution in [2.75, 3.05) is 25.0 Å². The summed E-state index contributed by atoms with van der Waals surface area (Å²) in [6.45, 7) is 5.26. The molecule has 1 saturated heterocycles. The maximum Gasteiger partial charge on any atom is 0.304 e. The van der Waals surface area contributed by atoms with E-state index in [4.69, 9.17) is 0 Å². The Morgan fingerprint density at radius 2 is 2.30 bits per heavy atom. The van der Waals surface area contributed by atoms with E-state index in [1.54, 1.807) is 6.92 Å². The third-order valence-corrected chi connectivity index (χ3v) is 6.60. The van der Waals surface area contributed by atoms with Crippen molar-refractivity contribution in [3.63, 3.8) is 0 Å². The van der Waals surface area contributed by atoms with E-state index in [1.165, 1.54) is 4.31 Å². The lowest BCUT2D eigenvalue weighted by atomic mass is 10.2. The Labute approximate surface area is 121 Å². The van der Waals surface area contributed by atoms with Gasteiger partial charge in [0.15, 0.2) is 5.00 Å². The molecule has 0 radical (unpaired) electrons. The van der Waals surface area contributed by atoms with Gasteiger partial charge in [-0.25, -0.2) is 8.42 Å². The van der Waals surface area contributed by atoms with E-state index < -0.39 is 14.9 Å². The molecule has 1 fully saturated rings. The van der Waals surface area contributed by atoms with Crippen molar-refractivity contribution in [2.45, 2.75) is 24.5 Å². The molecule has 7 nitrogen and oxygen atoms in total. The van der Waals surface area contributed by atoms with Crippen LogP contribution in [0.15, 0.2) is 10.3 Å². The van der Waals surface area contributed by atoms with Crippen LogP contribution in [0.2, 0.25) is 0 Å². The molecule has 1 aliphatic heterocycles. The SMILES string of the molecule is CCNc1sc(S(=O)(=O)N2CCC(C)C2)cc1[N+](=O)[O-]. The van der Waals surface area contributed by atoms with Gasteiger partial charge in [-0.2, -0.15) is 4.31 Å². The molecule has 2 rings (SSSR count). The van der Waals surface area contributed by atoms with Crippen LogP contribution in [0.4, 0.5) is 10.7 Å². The first-order chi connectivity index (χ1) is 9.36. The lowest BCUT2D eigenvalue weighted by molar-refractivity contribution is -0.383. The van der Waals surface area contributed by atoms with Gasteiger partial charge in [0.05, 0.1) is 4.92 Å². The van der Waals surface area contributed by atoms with Gasteiger partial charge in [-0.1, -0.05) is 18.3 Å². The Kier molecular flexibility index (Phi) is 4.31. The van der Waals surface area contributed by atoms with E-state index in [2.05, 4.69) is 5.32 Å². The van der Waals surface area contributed by atoms with Crippen LogP contribution in [0.25, 0.3) is 0 Å². The van der Waals surface area contributed by atoms with Crippen molar-refractivity contribution in [1.29, 1.82) is 0 Å². The smallest absolute Gasteiger partial charge is 0.304 e. The van der Waals surface area contributed by atoms with Gasteiger partial charge in [-0.3, -0.25) is 10.1 Å². The lowest BCUT2D eigenvalue weighted by Crippen LogP contribution is -2.28. The van der Waals surface area contributed by atoms with Crippen LogP contribution in [0.1, 0.15) is 20.3 Å². The first kappa shape index (κ1) is 15.2. The molecular weight excluding hydrogens is 302 g/mol. The van der Waals surface area contributed by atoms with Gasteiger partial charge in [-0.05, 0) is 19.3 Å². The summed E-state index contributed by atoms with van der Waals surface area (Å²) in [7, 11) is -3.62. The van der Waals surface area contributed by atoms with Gasteiger partial charge in [0.25, 0.3) is 10.0 Å². The highest BCUT2D eigenvalue weighted by Crippen LogP contribution is 2.39. The fraction of sp³-hybridized carbons (Fsp3) is 0.636. The third kappa shape index (κ3) is 2.79. The number of rotatable bonds is 5. The standard InChI is InChI=1S/C11H17N3O4S2/c1-3-12-11-9(14(15)16)6-10(19-11)20(17,18)13-5-4-8(2)7-13/h6,8,12H,3-5,7H2,1-2H3. The molecule has 2 heterocycles. The second-order valence-electron chi connectivity index (χ2n) is 4.82. The molecule has 1 unspecified atom stereocenters. The second-order valence-corrected chi connectivity index (χ2v) is 8.04. The molecule has 9 heteroatoms. The lowest BCUT2D eigenvalue weighted by Gasteiger charge is -2.13. The Morgan fingerprint density at radius 3 is 2.80 bits per heavy atom. The maximum atomic E-state index is 12.5. The fourth-order valence-corrected chi connectivity index (χ4v) is 5.27. The fourth-order valence-electron chi connectivity index (χ4n) is 2.15. The molecule has 0 saturated carbocycles. The summed E-state index contributed by atoms with van der Waals surface area (Å²) < 4.78 is 26.4. The van der Waals surface area contributed by atoms with Crippen LogP contribution < -0.4 is 5.32 Å². The Hall–Kier alpha value is -1.19. The van der Waals surface area contributed by atoms with Gasteiger partial charge < -0.3 is 5.32 Å². The quantitative estimate of drug-likeness (QED) is 0.663. The van der Waals surface area contributed by atoms with Crippen LogP contribution in [-0.4, -0.2) is 37.3 Å². The Bertz CT molecular complexity index is 611. The highest BCUT2D eigenvalue weighted by atomic mass is 32.2. The van der Waals surface area contributed by atoms with Crippen molar-refractivity contribution in [3.05, 3.63) is 16.2 Å². The minimum absolute atomic E-state index is 0.0363. The van der Waals surface area contributed by atoms with Gasteiger partial charge in [0.1, 0.15) is 4.21 Å². The first-order valence-electron chi connectivity index (χ1n) is 6.38.